The molecular weight excluding hydrogens is 104 g/mol. The van der Waals surface area contributed by atoms with E-state index in [4.69, 9.17) is 5.11 Å². The number of hydrogen-bond acceptors (Lipinski definition) is 2. The van der Waals surface area contributed by atoms with Crippen LogP contribution in [0.2, 0.25) is 0 Å². The van der Waals surface area contributed by atoms with Crippen molar-refractivity contribution in [1.29, 1.82) is 0 Å². The molecule has 0 aromatic carbocycles. The molecule has 0 aromatic rings. The summed E-state index contributed by atoms with van der Waals surface area (Å²) in [7, 11) is 0. The fraction of sp³-hybridized carbons (Fsp3) is 0. The standard InChI is InChI=1S/C6H4O2/c7-5-1-2-6(8)4-3-5/h1-3,7H. The van der Waals surface area contributed by atoms with Gasteiger partial charge in [-0.2, -0.15) is 0 Å². The molecule has 0 heterocycles. The van der Waals surface area contributed by atoms with Crippen molar-refractivity contribution in [2.75, 3.05) is 0 Å². The summed E-state index contributed by atoms with van der Waals surface area (Å²) in [6.45, 7) is 0. The minimum Gasteiger partial charge on any atom is -0.508 e. The van der Waals surface area contributed by atoms with Gasteiger partial charge >= 0.3 is 0 Å². The highest BCUT2D eigenvalue weighted by Crippen LogP contribution is 2.00. The zero-order chi connectivity index (χ0) is 5.98. The summed E-state index contributed by atoms with van der Waals surface area (Å²) in [5.74, 6) is -0.132. The first kappa shape index (κ1) is 5.09. The first-order chi connectivity index (χ1) is 3.79. The van der Waals surface area contributed by atoms with Crippen LogP contribution in [0.25, 0.3) is 0 Å². The van der Waals surface area contributed by atoms with Gasteiger partial charge in [0.05, 0.1) is 6.42 Å². The smallest absolute Gasteiger partial charge is 0.168 e. The van der Waals surface area contributed by atoms with Gasteiger partial charge in [-0.1, -0.05) is 0 Å². The lowest BCUT2D eigenvalue weighted by Gasteiger charge is -1.94. The lowest BCUT2D eigenvalue weighted by molar-refractivity contribution is -0.111. The normalized spacial score (nSPS) is 18.5. The Labute approximate surface area is 47.1 Å². The van der Waals surface area contributed by atoms with E-state index in [9.17, 15) is 4.79 Å². The number of allylic oxidation sites excluding steroid dienone is 3. The van der Waals surface area contributed by atoms with Crippen molar-refractivity contribution in [3.05, 3.63) is 30.4 Å². The number of ketones is 1. The number of carbonyl (C=O) groups is 1. The van der Waals surface area contributed by atoms with Gasteiger partial charge in [-0.15, -0.1) is 0 Å². The fourth-order valence-electron chi connectivity index (χ4n) is 0.402. The monoisotopic (exact) mass is 108 g/mol. The van der Waals surface area contributed by atoms with E-state index in [0.717, 1.165) is 0 Å². The first-order valence-corrected chi connectivity index (χ1v) is 2.17. The molecule has 0 aliphatic heterocycles. The third-order valence-electron chi connectivity index (χ3n) is 0.768. The maximum atomic E-state index is 10.3. The van der Waals surface area contributed by atoms with Gasteiger partial charge in [0, 0.05) is 0 Å². The van der Waals surface area contributed by atoms with E-state index in [1.54, 1.807) is 0 Å². The Morgan fingerprint density at radius 2 is 2.25 bits per heavy atom. The molecule has 0 unspecified atom stereocenters. The molecule has 1 aliphatic carbocycles. The Balaban J connectivity index is 2.71. The second-order valence-electron chi connectivity index (χ2n) is 1.41. The van der Waals surface area contributed by atoms with Crippen LogP contribution in [0.1, 0.15) is 0 Å². The number of aliphatic hydroxyl groups excluding tert-OH is 1. The van der Waals surface area contributed by atoms with E-state index in [-0.39, 0.29) is 11.5 Å². The van der Waals surface area contributed by atoms with Crippen molar-refractivity contribution in [3.63, 3.8) is 0 Å². The van der Waals surface area contributed by atoms with E-state index < -0.39 is 0 Å². The van der Waals surface area contributed by atoms with Gasteiger partial charge in [0.15, 0.2) is 5.78 Å². The van der Waals surface area contributed by atoms with Crippen molar-refractivity contribution in [2.24, 2.45) is 0 Å². The summed E-state index contributed by atoms with van der Waals surface area (Å²) >= 11 is 0. The molecule has 8 heavy (non-hydrogen) atoms. The fourth-order valence-corrected chi connectivity index (χ4v) is 0.402. The van der Waals surface area contributed by atoms with Crippen LogP contribution in [0, 0.1) is 6.42 Å². The van der Waals surface area contributed by atoms with Crippen molar-refractivity contribution < 1.29 is 9.90 Å². The molecule has 0 spiro atoms. The topological polar surface area (TPSA) is 37.3 Å². The Kier molecular flexibility index (Phi) is 1.16. The zero-order valence-corrected chi connectivity index (χ0v) is 4.09. The van der Waals surface area contributed by atoms with Gasteiger partial charge in [0.25, 0.3) is 0 Å². The number of hydrogen-bond donors (Lipinski definition) is 1. The summed E-state index contributed by atoms with van der Waals surface area (Å²) < 4.78 is 0. The third kappa shape index (κ3) is 0.964. The second kappa shape index (κ2) is 1.82. The average Bonchev–Trinajstić information content (AvgIpc) is 1.77. The average molecular weight is 108 g/mol. The van der Waals surface area contributed by atoms with Crippen molar-refractivity contribution in [1.82, 2.24) is 0 Å². The zero-order valence-electron chi connectivity index (χ0n) is 4.09. The number of carbonyl (C=O) groups excluding carboxylic acids is 1. The Hall–Kier alpha value is -1.05. The molecule has 40 valence electrons. The van der Waals surface area contributed by atoms with E-state index in [2.05, 4.69) is 6.42 Å². The number of rotatable bonds is 0. The van der Waals surface area contributed by atoms with Gasteiger partial charge in [0.1, 0.15) is 5.76 Å². The molecule has 2 nitrogen and oxygen atoms in total. The van der Waals surface area contributed by atoms with Crippen LogP contribution in [0.3, 0.4) is 0 Å². The molecule has 0 bridgehead atoms. The van der Waals surface area contributed by atoms with Crippen molar-refractivity contribution >= 4 is 5.78 Å². The van der Waals surface area contributed by atoms with Gasteiger partial charge in [0.2, 0.25) is 0 Å². The van der Waals surface area contributed by atoms with Gasteiger partial charge in [-0.05, 0) is 18.2 Å². The summed E-state index contributed by atoms with van der Waals surface area (Å²) in [4.78, 5) is 10.3. The van der Waals surface area contributed by atoms with E-state index in [1.807, 2.05) is 0 Å². The molecule has 0 atom stereocenters. The quantitative estimate of drug-likeness (QED) is 0.494. The molecule has 0 saturated heterocycles. The molecule has 0 aromatic heterocycles. The molecule has 0 amide bonds. The largest absolute Gasteiger partial charge is 0.508 e. The molecule has 2 heteroatoms. The van der Waals surface area contributed by atoms with Crippen molar-refractivity contribution in [3.8, 4) is 0 Å². The van der Waals surface area contributed by atoms with Gasteiger partial charge < -0.3 is 5.11 Å². The third-order valence-corrected chi connectivity index (χ3v) is 0.768. The summed E-state index contributed by atoms with van der Waals surface area (Å²) in [6.07, 6.45) is 6.12. The molecule has 1 aliphatic rings. The minimum atomic E-state index is -0.206. The highest BCUT2D eigenvalue weighted by Gasteiger charge is 2.00. The SMILES string of the molecule is O=C1[C]C=C(O)C=C1. The molecule has 1 N–H and O–H groups in total. The Bertz CT molecular complexity index is 163. The van der Waals surface area contributed by atoms with Crippen LogP contribution < -0.4 is 0 Å². The highest BCUT2D eigenvalue weighted by molar-refractivity contribution is 5.99. The van der Waals surface area contributed by atoms with Gasteiger partial charge in [-0.25, -0.2) is 0 Å². The number of aliphatic hydroxyl groups is 1. The van der Waals surface area contributed by atoms with Crippen LogP contribution in [-0.4, -0.2) is 10.9 Å². The Morgan fingerprint density at radius 1 is 1.50 bits per heavy atom. The van der Waals surface area contributed by atoms with Crippen LogP contribution >= 0.6 is 0 Å². The van der Waals surface area contributed by atoms with Crippen LogP contribution in [0.4, 0.5) is 0 Å². The van der Waals surface area contributed by atoms with E-state index >= 15 is 0 Å². The predicted octanol–water partition coefficient (Wildman–Crippen LogP) is 0.648. The maximum Gasteiger partial charge on any atom is 0.168 e. The lowest BCUT2D eigenvalue weighted by Crippen LogP contribution is -1.96. The van der Waals surface area contributed by atoms with Crippen molar-refractivity contribution in [2.45, 2.75) is 0 Å². The first-order valence-electron chi connectivity index (χ1n) is 2.17. The minimum absolute atomic E-state index is 0.0737. The predicted molar refractivity (Wildman–Crippen MR) is 28.1 cm³/mol. The van der Waals surface area contributed by atoms with E-state index in [1.165, 1.54) is 18.2 Å². The summed E-state index contributed by atoms with van der Waals surface area (Å²) in [6, 6.07) is 0. The molecule has 0 fully saturated rings. The second-order valence-corrected chi connectivity index (χ2v) is 1.41. The van der Waals surface area contributed by atoms with E-state index in [0.29, 0.717) is 0 Å². The van der Waals surface area contributed by atoms with Gasteiger partial charge in [-0.3, -0.25) is 4.79 Å². The summed E-state index contributed by atoms with van der Waals surface area (Å²) in [5.41, 5.74) is 0. The lowest BCUT2D eigenvalue weighted by atomic mass is 10.1. The summed E-state index contributed by atoms with van der Waals surface area (Å²) in [5, 5.41) is 8.59. The Morgan fingerprint density at radius 3 is 2.62 bits per heavy atom. The molecule has 1 rings (SSSR count). The maximum absolute atomic E-state index is 10.3. The molecule has 0 saturated carbocycles. The van der Waals surface area contributed by atoms with Crippen LogP contribution in [0.15, 0.2) is 24.0 Å². The van der Waals surface area contributed by atoms with Crippen LogP contribution in [0.5, 0.6) is 0 Å². The molecule has 2 radical (unpaired) electrons. The molecular formula is C6H4O2. The highest BCUT2D eigenvalue weighted by atomic mass is 16.3. The van der Waals surface area contributed by atoms with Crippen LogP contribution in [-0.2, 0) is 4.79 Å².